The number of carbonyl (C=O) groups is 1. The minimum absolute atomic E-state index is 0.176. The van der Waals surface area contributed by atoms with Gasteiger partial charge < -0.3 is 10.6 Å². The zero-order valence-corrected chi connectivity index (χ0v) is 9.35. The first kappa shape index (κ1) is 14.3. The Balaban J connectivity index is 2.21. The van der Waals surface area contributed by atoms with E-state index in [1.807, 2.05) is 0 Å². The summed E-state index contributed by atoms with van der Waals surface area (Å²) in [7, 11) is 0. The summed E-state index contributed by atoms with van der Waals surface area (Å²) in [6, 6.07) is 4.77. The van der Waals surface area contributed by atoms with Crippen LogP contribution in [0.25, 0.3) is 0 Å². The molecule has 0 saturated carbocycles. The molecule has 0 aliphatic heterocycles. The van der Waals surface area contributed by atoms with Crippen LogP contribution in [0.3, 0.4) is 0 Å². The van der Waals surface area contributed by atoms with Gasteiger partial charge in [-0.05, 0) is 24.1 Å². The van der Waals surface area contributed by atoms with Crippen molar-refractivity contribution in [1.29, 1.82) is 0 Å². The molecular weight excluding hydrogens is 252 g/mol. The Bertz CT molecular complexity index is 389. The lowest BCUT2D eigenvalue weighted by Gasteiger charge is -2.09. The molecular formula is C11H12F4N2O. The highest BCUT2D eigenvalue weighted by atomic mass is 19.4. The molecule has 0 unspecified atom stereocenters. The van der Waals surface area contributed by atoms with Crippen LogP contribution < -0.4 is 10.6 Å². The van der Waals surface area contributed by atoms with Crippen molar-refractivity contribution in [3.05, 3.63) is 35.6 Å². The van der Waals surface area contributed by atoms with Crippen LogP contribution >= 0.6 is 0 Å². The lowest BCUT2D eigenvalue weighted by atomic mass is 10.1. The number of hydrogen-bond acceptors (Lipinski definition) is 1. The van der Waals surface area contributed by atoms with Crippen LogP contribution in [-0.2, 0) is 6.42 Å². The van der Waals surface area contributed by atoms with Gasteiger partial charge in [-0.25, -0.2) is 9.18 Å². The number of nitrogens with one attached hydrogen (secondary N) is 2. The number of urea groups is 1. The highest BCUT2D eigenvalue weighted by molar-refractivity contribution is 5.73. The molecule has 1 aromatic rings. The largest absolute Gasteiger partial charge is 0.405 e. The Hall–Kier alpha value is -1.79. The van der Waals surface area contributed by atoms with Gasteiger partial charge in [0.15, 0.2) is 0 Å². The van der Waals surface area contributed by atoms with E-state index in [0.717, 1.165) is 5.56 Å². The number of carbonyl (C=O) groups excluding carboxylic acids is 1. The van der Waals surface area contributed by atoms with Crippen molar-refractivity contribution in [3.8, 4) is 0 Å². The van der Waals surface area contributed by atoms with Gasteiger partial charge >= 0.3 is 12.2 Å². The zero-order valence-electron chi connectivity index (χ0n) is 9.35. The fourth-order valence-corrected chi connectivity index (χ4v) is 1.21. The third-order valence-corrected chi connectivity index (χ3v) is 2.06. The summed E-state index contributed by atoms with van der Waals surface area (Å²) in [5.41, 5.74) is 0.785. The zero-order chi connectivity index (χ0) is 13.6. The average Bonchev–Trinajstić information content (AvgIpc) is 2.28. The first-order valence-corrected chi connectivity index (χ1v) is 5.20. The summed E-state index contributed by atoms with van der Waals surface area (Å²) in [5, 5.41) is 3.96. The number of amides is 2. The smallest absolute Gasteiger partial charge is 0.338 e. The molecule has 0 spiro atoms. The van der Waals surface area contributed by atoms with Crippen LogP contribution in [0.5, 0.6) is 0 Å². The molecule has 7 heteroatoms. The summed E-state index contributed by atoms with van der Waals surface area (Å²) in [4.78, 5) is 11.0. The van der Waals surface area contributed by atoms with Crippen molar-refractivity contribution in [2.75, 3.05) is 13.1 Å². The quantitative estimate of drug-likeness (QED) is 0.804. The van der Waals surface area contributed by atoms with E-state index in [4.69, 9.17) is 0 Å². The Morgan fingerprint density at radius 2 is 1.72 bits per heavy atom. The molecule has 0 saturated heterocycles. The molecule has 2 amide bonds. The molecule has 1 aromatic carbocycles. The molecule has 0 fully saturated rings. The van der Waals surface area contributed by atoms with Crippen molar-refractivity contribution in [2.45, 2.75) is 12.6 Å². The summed E-state index contributed by atoms with van der Waals surface area (Å²) < 4.78 is 47.9. The highest BCUT2D eigenvalue weighted by Crippen LogP contribution is 2.11. The van der Waals surface area contributed by atoms with Crippen molar-refractivity contribution in [3.63, 3.8) is 0 Å². The maximum Gasteiger partial charge on any atom is 0.405 e. The molecule has 0 aliphatic carbocycles. The van der Waals surface area contributed by atoms with Crippen LogP contribution in [0.4, 0.5) is 22.4 Å². The first-order valence-electron chi connectivity index (χ1n) is 5.20. The molecule has 1 rings (SSSR count). The summed E-state index contributed by atoms with van der Waals surface area (Å²) in [6.45, 7) is -1.19. The van der Waals surface area contributed by atoms with Gasteiger partial charge in [0.05, 0.1) is 0 Å². The lowest BCUT2D eigenvalue weighted by Crippen LogP contribution is -2.41. The SMILES string of the molecule is O=C(NCCc1ccc(F)cc1)NCC(F)(F)F. The van der Waals surface area contributed by atoms with Gasteiger partial charge in [-0.3, -0.25) is 0 Å². The Labute approximate surface area is 101 Å². The molecule has 18 heavy (non-hydrogen) atoms. The summed E-state index contributed by atoms with van der Waals surface area (Å²) >= 11 is 0. The average molecular weight is 264 g/mol. The minimum Gasteiger partial charge on any atom is -0.338 e. The normalized spacial score (nSPS) is 11.1. The standard InChI is InChI=1S/C11H12F4N2O/c12-9-3-1-8(2-4-9)5-6-16-10(18)17-7-11(13,14)15/h1-4H,5-7H2,(H2,16,17,18). The van der Waals surface area contributed by atoms with Gasteiger partial charge in [0, 0.05) is 6.54 Å². The Morgan fingerprint density at radius 1 is 1.11 bits per heavy atom. The number of rotatable bonds is 4. The second kappa shape index (κ2) is 6.23. The van der Waals surface area contributed by atoms with E-state index >= 15 is 0 Å². The monoisotopic (exact) mass is 264 g/mol. The molecule has 3 nitrogen and oxygen atoms in total. The maximum atomic E-state index is 12.6. The van der Waals surface area contributed by atoms with Gasteiger partial charge in [0.1, 0.15) is 12.4 Å². The van der Waals surface area contributed by atoms with Crippen LogP contribution in [0.1, 0.15) is 5.56 Å². The van der Waals surface area contributed by atoms with Crippen molar-refractivity contribution in [1.82, 2.24) is 10.6 Å². The number of benzene rings is 1. The van der Waals surface area contributed by atoms with Gasteiger partial charge in [0.2, 0.25) is 0 Å². The van der Waals surface area contributed by atoms with Crippen LogP contribution in [0.2, 0.25) is 0 Å². The van der Waals surface area contributed by atoms with Crippen molar-refractivity contribution in [2.24, 2.45) is 0 Å². The van der Waals surface area contributed by atoms with Gasteiger partial charge in [0.25, 0.3) is 0 Å². The number of halogens is 4. The third-order valence-electron chi connectivity index (χ3n) is 2.06. The van der Waals surface area contributed by atoms with Crippen molar-refractivity contribution >= 4 is 6.03 Å². The second-order valence-electron chi connectivity index (χ2n) is 3.60. The highest BCUT2D eigenvalue weighted by Gasteiger charge is 2.27. The predicted octanol–water partition coefficient (Wildman–Crippen LogP) is 2.23. The van der Waals surface area contributed by atoms with Gasteiger partial charge in [-0.2, -0.15) is 13.2 Å². The fourth-order valence-electron chi connectivity index (χ4n) is 1.21. The Morgan fingerprint density at radius 3 is 2.28 bits per heavy atom. The maximum absolute atomic E-state index is 12.6. The number of hydrogen-bond donors (Lipinski definition) is 2. The van der Waals surface area contributed by atoms with E-state index in [1.165, 1.54) is 12.1 Å². The van der Waals surface area contributed by atoms with Gasteiger partial charge in [-0.1, -0.05) is 12.1 Å². The van der Waals surface area contributed by atoms with Gasteiger partial charge in [-0.15, -0.1) is 0 Å². The number of alkyl halides is 3. The van der Waals surface area contributed by atoms with E-state index in [9.17, 15) is 22.4 Å². The molecule has 0 radical (unpaired) electrons. The van der Waals surface area contributed by atoms with Crippen LogP contribution in [0.15, 0.2) is 24.3 Å². The minimum atomic E-state index is -4.42. The lowest BCUT2D eigenvalue weighted by molar-refractivity contribution is -0.122. The van der Waals surface area contributed by atoms with E-state index in [0.29, 0.717) is 6.42 Å². The topological polar surface area (TPSA) is 41.1 Å². The molecule has 100 valence electrons. The Kier molecular flexibility index (Phi) is 4.94. The first-order chi connectivity index (χ1) is 8.37. The predicted molar refractivity (Wildman–Crippen MR) is 57.6 cm³/mol. The van der Waals surface area contributed by atoms with E-state index in [-0.39, 0.29) is 12.4 Å². The van der Waals surface area contributed by atoms with Crippen molar-refractivity contribution < 1.29 is 22.4 Å². The van der Waals surface area contributed by atoms with E-state index < -0.39 is 18.8 Å². The van der Waals surface area contributed by atoms with Crippen LogP contribution in [-0.4, -0.2) is 25.3 Å². The molecule has 0 aromatic heterocycles. The molecule has 0 aliphatic rings. The molecule has 0 bridgehead atoms. The second-order valence-corrected chi connectivity index (χ2v) is 3.60. The summed E-state index contributed by atoms with van der Waals surface area (Å²) in [5.74, 6) is -0.366. The van der Waals surface area contributed by atoms with E-state index in [2.05, 4.69) is 5.32 Å². The van der Waals surface area contributed by atoms with Crippen LogP contribution in [0, 0.1) is 5.82 Å². The molecule has 2 N–H and O–H groups in total. The third kappa shape index (κ3) is 6.07. The summed E-state index contributed by atoms with van der Waals surface area (Å²) in [6.07, 6.45) is -4.01. The fraction of sp³-hybridized carbons (Fsp3) is 0.364. The molecule has 0 atom stereocenters. The molecule has 0 heterocycles. The van der Waals surface area contributed by atoms with E-state index in [1.54, 1.807) is 17.4 Å².